The number of nitrogens with zero attached hydrogens (tertiary/aromatic N) is 2. The molecule has 0 atom stereocenters. The van der Waals surface area contributed by atoms with Gasteiger partial charge in [-0.1, -0.05) is 185 Å². The molecule has 0 spiro atoms. The van der Waals surface area contributed by atoms with Crippen LogP contribution in [0, 0.1) is 0 Å². The Morgan fingerprint density at radius 3 is 0.924 bits per heavy atom. The molecule has 10 aromatic carbocycles. The summed E-state index contributed by atoms with van der Waals surface area (Å²) in [4.78, 5) is 4.85. The van der Waals surface area contributed by atoms with E-state index in [4.69, 9.17) is 0 Å². The monoisotopic (exact) mass is 868 g/mol. The van der Waals surface area contributed by atoms with Crippen molar-refractivity contribution in [3.63, 3.8) is 0 Å². The van der Waals surface area contributed by atoms with Gasteiger partial charge in [-0.3, -0.25) is 0 Å². The quantitative estimate of drug-likeness (QED) is 0.0327. The van der Waals surface area contributed by atoms with Crippen LogP contribution < -0.4 is 20.7 Å². The summed E-state index contributed by atoms with van der Waals surface area (Å²) in [7, 11) is -3.02. The first-order chi connectivity index (χ1) is 32.4. The molecule has 0 aliphatic carbocycles. The molecule has 4 N–H and O–H groups in total. The summed E-state index contributed by atoms with van der Waals surface area (Å²) in [6, 6.07) is 55.6. The van der Waals surface area contributed by atoms with Gasteiger partial charge in [0.2, 0.25) is 0 Å². The van der Waals surface area contributed by atoms with Crippen LogP contribution in [0.5, 0.6) is 0 Å². The number of rotatable bonds is 21. The third-order valence-corrected chi connectivity index (χ3v) is 14.1. The molecule has 66 heavy (non-hydrogen) atoms. The third-order valence-electron chi connectivity index (χ3n) is 14.1. The minimum absolute atomic E-state index is 0.561. The summed E-state index contributed by atoms with van der Waals surface area (Å²) in [6.45, 7) is 3.00. The zero-order valence-electron chi connectivity index (χ0n) is 37.7. The highest BCUT2D eigenvalue weighted by Gasteiger charge is 2.21. The van der Waals surface area contributed by atoms with Crippen molar-refractivity contribution in [1.29, 1.82) is 0 Å². The fourth-order valence-electron chi connectivity index (χ4n) is 10.7. The van der Waals surface area contributed by atoms with Crippen LogP contribution in [-0.4, -0.2) is 47.4 Å². The summed E-state index contributed by atoms with van der Waals surface area (Å²) in [6.07, 6.45) is 11.8. The van der Waals surface area contributed by atoms with Gasteiger partial charge in [0.1, 0.15) is 0 Å². The van der Waals surface area contributed by atoms with E-state index < -0.39 is 14.2 Å². The largest absolute Gasteiger partial charge is 0.488 e. The van der Waals surface area contributed by atoms with E-state index in [2.05, 4.69) is 119 Å². The van der Waals surface area contributed by atoms with E-state index in [0.717, 1.165) is 61.3 Å². The first kappa shape index (κ1) is 43.7. The molecule has 0 bridgehead atoms. The van der Waals surface area contributed by atoms with Gasteiger partial charge < -0.3 is 29.9 Å². The number of hydrogen-bond acceptors (Lipinski definition) is 6. The average Bonchev–Trinajstić information content (AvgIpc) is 3.34. The third kappa shape index (κ3) is 9.16. The van der Waals surface area contributed by atoms with Crippen molar-refractivity contribution < 1.29 is 20.1 Å². The highest BCUT2D eigenvalue weighted by molar-refractivity contribution is 6.59. The first-order valence-corrected chi connectivity index (χ1v) is 24.1. The molecule has 0 aliphatic heterocycles. The second-order valence-corrected chi connectivity index (χ2v) is 18.5. The van der Waals surface area contributed by atoms with E-state index >= 15 is 0 Å². The molecule has 0 saturated heterocycles. The summed E-state index contributed by atoms with van der Waals surface area (Å²) < 4.78 is 0. The molecule has 0 radical (unpaired) electrons. The lowest BCUT2D eigenvalue weighted by Gasteiger charge is -2.27. The standard InChI is InChI=1S/C58H58B2N2O4/c63-59(64)53-23-11-9-17-49(53)39-61(51-35-45-29-25-41-19-15-20-42-26-30-46(36-51)57(45)55(41)42)33-13-7-5-3-1-2-4-6-8-14-34-62(40-50-18-10-12-24-54(50)60(65)66)52-37-47-31-27-43-21-16-22-44-28-32-48(38-52)58(47)56(43)44/h9-12,15-32,35-38,63-66H,1-8,13-14,33-34,39-40H2. The zero-order valence-corrected chi connectivity index (χ0v) is 37.7. The van der Waals surface area contributed by atoms with Gasteiger partial charge >= 0.3 is 14.2 Å². The Balaban J connectivity index is 0.731. The van der Waals surface area contributed by atoms with Crippen LogP contribution in [0.4, 0.5) is 11.4 Å². The molecular formula is C58H58B2N2O4. The maximum atomic E-state index is 10.2. The molecular weight excluding hydrogens is 810 g/mol. The second-order valence-electron chi connectivity index (χ2n) is 18.5. The number of anilines is 2. The van der Waals surface area contributed by atoms with Crippen LogP contribution in [0.1, 0.15) is 75.3 Å². The molecule has 0 saturated carbocycles. The lowest BCUT2D eigenvalue weighted by atomic mass is 9.77. The Morgan fingerprint density at radius 1 is 0.303 bits per heavy atom. The second kappa shape index (κ2) is 19.8. The molecule has 0 unspecified atom stereocenters. The summed E-state index contributed by atoms with van der Waals surface area (Å²) in [5.74, 6) is 0. The normalized spacial score (nSPS) is 11.9. The van der Waals surface area contributed by atoms with Gasteiger partial charge in [0.25, 0.3) is 0 Å². The topological polar surface area (TPSA) is 87.4 Å². The van der Waals surface area contributed by atoms with E-state index in [1.54, 1.807) is 0 Å². The lowest BCUT2D eigenvalue weighted by Crippen LogP contribution is -2.36. The van der Waals surface area contributed by atoms with Crippen LogP contribution in [0.15, 0.2) is 158 Å². The van der Waals surface area contributed by atoms with Crippen LogP contribution in [0.25, 0.3) is 64.6 Å². The van der Waals surface area contributed by atoms with Crippen molar-refractivity contribution in [1.82, 2.24) is 0 Å². The van der Waals surface area contributed by atoms with E-state index in [9.17, 15) is 20.1 Å². The Morgan fingerprint density at radius 2 is 0.591 bits per heavy atom. The number of benzene rings is 10. The van der Waals surface area contributed by atoms with Crippen molar-refractivity contribution in [3.05, 3.63) is 169 Å². The van der Waals surface area contributed by atoms with Gasteiger partial charge in [-0.15, -0.1) is 0 Å². The van der Waals surface area contributed by atoms with E-state index in [1.165, 1.54) is 103 Å². The summed E-state index contributed by atoms with van der Waals surface area (Å²) >= 11 is 0. The van der Waals surface area contributed by atoms with Crippen molar-refractivity contribution >= 4 is 101 Å². The van der Waals surface area contributed by atoms with Gasteiger partial charge in [-0.05, 0) is 124 Å². The molecule has 0 heterocycles. The minimum Gasteiger partial charge on any atom is -0.423 e. The Bertz CT molecular complexity index is 2880. The van der Waals surface area contributed by atoms with Crippen molar-refractivity contribution in [2.45, 2.75) is 77.3 Å². The molecule has 10 aromatic rings. The predicted octanol–water partition coefficient (Wildman–Crippen LogP) is 11.5. The van der Waals surface area contributed by atoms with Crippen molar-refractivity contribution in [2.24, 2.45) is 0 Å². The SMILES string of the molecule is OB(O)c1ccccc1CN(CCCCCCCCCCCCN(Cc1ccccc1B(O)O)c1cc2ccc3cccc4ccc(c1)c2c34)c1cc2ccc3cccc4ccc(c1)c2c34. The Labute approximate surface area is 388 Å². The smallest absolute Gasteiger partial charge is 0.423 e. The molecule has 330 valence electrons. The van der Waals surface area contributed by atoms with Crippen LogP contribution in [0.2, 0.25) is 0 Å². The molecule has 0 fully saturated rings. The number of hydrogen-bond donors (Lipinski definition) is 4. The van der Waals surface area contributed by atoms with Crippen LogP contribution >= 0.6 is 0 Å². The van der Waals surface area contributed by atoms with Gasteiger partial charge in [0.15, 0.2) is 0 Å². The van der Waals surface area contributed by atoms with Gasteiger partial charge in [0.05, 0.1) is 0 Å². The molecule has 0 amide bonds. The minimum atomic E-state index is -1.51. The average molecular weight is 869 g/mol. The predicted molar refractivity (Wildman–Crippen MR) is 281 cm³/mol. The van der Waals surface area contributed by atoms with E-state index in [-0.39, 0.29) is 0 Å². The summed E-state index contributed by atoms with van der Waals surface area (Å²) in [5.41, 5.74) is 5.32. The lowest BCUT2D eigenvalue weighted by molar-refractivity contribution is 0.424. The molecule has 0 aliphatic rings. The van der Waals surface area contributed by atoms with Gasteiger partial charge in [-0.2, -0.15) is 0 Å². The van der Waals surface area contributed by atoms with Crippen molar-refractivity contribution in [3.8, 4) is 0 Å². The van der Waals surface area contributed by atoms with Gasteiger partial charge in [-0.25, -0.2) is 0 Å². The fraction of sp³-hybridized carbons (Fsp3) is 0.241. The maximum absolute atomic E-state index is 10.2. The Hall–Kier alpha value is -6.15. The molecule has 8 heteroatoms. The molecule has 10 rings (SSSR count). The van der Waals surface area contributed by atoms with E-state index in [0.29, 0.717) is 24.0 Å². The highest BCUT2D eigenvalue weighted by Crippen LogP contribution is 2.39. The molecule has 0 aromatic heterocycles. The molecule has 6 nitrogen and oxygen atoms in total. The van der Waals surface area contributed by atoms with E-state index in [1.807, 2.05) is 48.5 Å². The summed E-state index contributed by atoms with van der Waals surface area (Å²) in [5, 5.41) is 56.1. The Kier molecular flexibility index (Phi) is 13.1. The van der Waals surface area contributed by atoms with Gasteiger partial charge in [0, 0.05) is 37.6 Å². The van der Waals surface area contributed by atoms with Crippen LogP contribution in [0.3, 0.4) is 0 Å². The highest BCUT2D eigenvalue weighted by atomic mass is 16.4. The zero-order chi connectivity index (χ0) is 45.0. The first-order valence-electron chi connectivity index (χ1n) is 24.1. The fourth-order valence-corrected chi connectivity index (χ4v) is 10.7. The van der Waals surface area contributed by atoms with Crippen molar-refractivity contribution in [2.75, 3.05) is 22.9 Å². The maximum Gasteiger partial charge on any atom is 0.488 e. The number of unbranched alkanes of at least 4 members (excludes halogenated alkanes) is 9. The van der Waals surface area contributed by atoms with Crippen LogP contribution in [-0.2, 0) is 13.1 Å².